The monoisotopic (exact) mass is 442 g/mol. The molecule has 0 bridgehead atoms. The Hall–Kier alpha value is -4.79. The van der Waals surface area contributed by atoms with Crippen LogP contribution in [0.25, 0.3) is 22.4 Å². The molecule has 0 amide bonds. The van der Waals surface area contributed by atoms with Gasteiger partial charge in [0.1, 0.15) is 5.75 Å². The molecule has 1 heterocycles. The van der Waals surface area contributed by atoms with Crippen molar-refractivity contribution < 1.29 is 18.7 Å². The van der Waals surface area contributed by atoms with E-state index < -0.39 is 11.6 Å². The highest BCUT2D eigenvalue weighted by atomic mass is 16.5. The molecule has 4 N–H and O–H groups in total. The summed E-state index contributed by atoms with van der Waals surface area (Å²) in [7, 11) is 0. The Morgan fingerprint density at radius 1 is 0.970 bits per heavy atom. The summed E-state index contributed by atoms with van der Waals surface area (Å²) < 4.78 is 10.9. The molecule has 3 aromatic carbocycles. The summed E-state index contributed by atoms with van der Waals surface area (Å²) in [6, 6.07) is 17.5. The van der Waals surface area contributed by atoms with Gasteiger partial charge in [-0.1, -0.05) is 24.3 Å². The van der Waals surface area contributed by atoms with Gasteiger partial charge in [-0.2, -0.15) is 0 Å². The molecule has 4 aromatic rings. The van der Waals surface area contributed by atoms with Gasteiger partial charge in [0.15, 0.2) is 11.7 Å². The Balaban J connectivity index is 1.70. The fourth-order valence-electron chi connectivity index (χ4n) is 3.24. The van der Waals surface area contributed by atoms with Gasteiger partial charge >= 0.3 is 11.6 Å². The van der Waals surface area contributed by atoms with Gasteiger partial charge in [0.2, 0.25) is 5.89 Å². The van der Waals surface area contributed by atoms with E-state index in [-0.39, 0.29) is 39.9 Å². The van der Waals surface area contributed by atoms with E-state index in [4.69, 9.17) is 20.6 Å². The summed E-state index contributed by atoms with van der Waals surface area (Å²) in [6.45, 7) is 1.36. The largest absolute Gasteiger partial charge is 0.422 e. The number of para-hydroxylation sites is 1. The third-order valence-corrected chi connectivity index (χ3v) is 4.72. The van der Waals surface area contributed by atoms with Crippen molar-refractivity contribution in [3.8, 4) is 17.2 Å². The quantitative estimate of drug-likeness (QED) is 0.157. The van der Waals surface area contributed by atoms with Crippen LogP contribution >= 0.6 is 0 Å². The van der Waals surface area contributed by atoms with E-state index in [1.807, 2.05) is 0 Å². The maximum absolute atomic E-state index is 12.7. The second-order valence-electron chi connectivity index (χ2n) is 7.03. The minimum atomic E-state index is -0.711. The number of nitrogens with two attached hydrogens (primary N) is 2. The number of benzene rings is 3. The Morgan fingerprint density at radius 2 is 1.70 bits per heavy atom. The third kappa shape index (κ3) is 4.47. The van der Waals surface area contributed by atoms with E-state index in [0.717, 1.165) is 0 Å². The molecule has 0 aliphatic carbocycles. The highest BCUT2D eigenvalue weighted by molar-refractivity contribution is 6.05. The summed E-state index contributed by atoms with van der Waals surface area (Å²) in [6.07, 6.45) is 0. The minimum absolute atomic E-state index is 0.0419. The number of fused-ring (bicyclic) bond motifs is 1. The summed E-state index contributed by atoms with van der Waals surface area (Å²) >= 11 is 0. The molecule has 9 nitrogen and oxygen atoms in total. The van der Waals surface area contributed by atoms with Crippen molar-refractivity contribution in [3.63, 3.8) is 0 Å². The summed E-state index contributed by atoms with van der Waals surface area (Å²) in [5.74, 6) is -0.907. The zero-order valence-electron chi connectivity index (χ0n) is 17.4. The first-order chi connectivity index (χ1) is 15.8. The van der Waals surface area contributed by atoms with Gasteiger partial charge in [-0.15, -0.1) is 0 Å². The normalized spacial score (nSPS) is 10.6. The Morgan fingerprint density at radius 3 is 2.39 bits per heavy atom. The SMILES string of the molecule is CC(=O)c1cccc2nc(-c3ccccc3OC(=O)c3ccc(N=C(N)N)cc3)oc(=O)c12. The fraction of sp³-hybridized carbons (Fsp3) is 0.0417. The van der Waals surface area contributed by atoms with E-state index in [0.29, 0.717) is 16.8 Å². The molecule has 0 aliphatic heterocycles. The molecular weight excluding hydrogens is 424 g/mol. The molecule has 9 heteroatoms. The van der Waals surface area contributed by atoms with Crippen molar-refractivity contribution in [3.05, 3.63) is 88.3 Å². The standard InChI is InChI=1S/C24H18N4O5/c1-13(29)16-6-4-7-18-20(16)23(31)33-21(28-18)17-5-2-3-8-19(17)32-22(30)14-9-11-15(12-10-14)27-24(25)26/h2-12H,1H3,(H4,25,26,27). The first-order valence-electron chi connectivity index (χ1n) is 9.79. The number of carbonyl (C=O) groups is 2. The van der Waals surface area contributed by atoms with E-state index in [9.17, 15) is 14.4 Å². The molecular formula is C24H18N4O5. The van der Waals surface area contributed by atoms with Crippen LogP contribution in [0.2, 0.25) is 0 Å². The van der Waals surface area contributed by atoms with Gasteiger partial charge in [-0.05, 0) is 49.4 Å². The summed E-state index contributed by atoms with van der Waals surface area (Å²) in [4.78, 5) is 45.5. The van der Waals surface area contributed by atoms with Crippen molar-refractivity contribution in [2.45, 2.75) is 6.92 Å². The smallest absolute Gasteiger partial charge is 0.347 e. The topological polar surface area (TPSA) is 151 Å². The average Bonchev–Trinajstić information content (AvgIpc) is 2.79. The van der Waals surface area contributed by atoms with Gasteiger partial charge < -0.3 is 20.6 Å². The highest BCUT2D eigenvalue weighted by Gasteiger charge is 2.18. The van der Waals surface area contributed by atoms with Crippen molar-refractivity contribution in [2.24, 2.45) is 16.5 Å². The van der Waals surface area contributed by atoms with Gasteiger partial charge in [0, 0.05) is 5.56 Å². The molecule has 0 saturated heterocycles. The second-order valence-corrected chi connectivity index (χ2v) is 7.03. The highest BCUT2D eigenvalue weighted by Crippen LogP contribution is 2.30. The number of carbonyl (C=O) groups excluding carboxylic acids is 2. The predicted octanol–water partition coefficient (Wildman–Crippen LogP) is 3.18. The molecule has 0 atom stereocenters. The molecule has 0 saturated carbocycles. The molecule has 4 rings (SSSR count). The first kappa shape index (κ1) is 21.4. The molecule has 0 radical (unpaired) electrons. The van der Waals surface area contributed by atoms with Crippen molar-refractivity contribution >= 4 is 34.3 Å². The minimum Gasteiger partial charge on any atom is -0.422 e. The first-order valence-corrected chi connectivity index (χ1v) is 9.79. The zero-order valence-corrected chi connectivity index (χ0v) is 17.4. The van der Waals surface area contributed by atoms with Crippen molar-refractivity contribution in [2.75, 3.05) is 0 Å². The Kier molecular flexibility index (Phi) is 5.69. The number of guanidine groups is 1. The van der Waals surface area contributed by atoms with E-state index in [1.54, 1.807) is 48.5 Å². The number of aromatic nitrogens is 1. The lowest BCUT2D eigenvalue weighted by Gasteiger charge is -2.10. The number of rotatable bonds is 5. The summed E-state index contributed by atoms with van der Waals surface area (Å²) in [5, 5.41) is 0.101. The number of hydrogen-bond acceptors (Lipinski definition) is 7. The number of ketones is 1. The Labute approximate surface area is 187 Å². The van der Waals surface area contributed by atoms with Crippen LogP contribution in [-0.2, 0) is 0 Å². The Bertz CT molecular complexity index is 1470. The fourth-order valence-corrected chi connectivity index (χ4v) is 3.24. The van der Waals surface area contributed by atoms with E-state index in [1.165, 1.54) is 25.1 Å². The molecule has 0 unspecified atom stereocenters. The van der Waals surface area contributed by atoms with Crippen LogP contribution < -0.4 is 21.8 Å². The van der Waals surface area contributed by atoms with Gasteiger partial charge in [-0.3, -0.25) is 4.79 Å². The lowest BCUT2D eigenvalue weighted by molar-refractivity contribution is 0.0735. The number of nitrogens with zero attached hydrogens (tertiary/aromatic N) is 2. The molecule has 33 heavy (non-hydrogen) atoms. The van der Waals surface area contributed by atoms with Crippen LogP contribution in [0.4, 0.5) is 5.69 Å². The van der Waals surface area contributed by atoms with E-state index in [2.05, 4.69) is 9.98 Å². The molecule has 0 spiro atoms. The average molecular weight is 442 g/mol. The number of Topliss-reactive ketones (excluding diaryl/α,β-unsaturated/α-hetero) is 1. The van der Waals surface area contributed by atoms with Gasteiger partial charge in [0.25, 0.3) is 0 Å². The molecule has 0 aliphatic rings. The molecule has 164 valence electrons. The zero-order chi connectivity index (χ0) is 23.5. The predicted molar refractivity (Wildman–Crippen MR) is 123 cm³/mol. The van der Waals surface area contributed by atoms with Crippen molar-refractivity contribution in [1.29, 1.82) is 0 Å². The summed E-state index contributed by atoms with van der Waals surface area (Å²) in [5.41, 5.74) is 11.6. The lowest BCUT2D eigenvalue weighted by Crippen LogP contribution is -2.21. The molecule has 1 aromatic heterocycles. The van der Waals surface area contributed by atoms with Crippen LogP contribution in [-0.4, -0.2) is 22.7 Å². The van der Waals surface area contributed by atoms with Gasteiger partial charge in [-0.25, -0.2) is 19.6 Å². The number of esters is 1. The number of ether oxygens (including phenoxy) is 1. The van der Waals surface area contributed by atoms with E-state index >= 15 is 0 Å². The number of hydrogen-bond donors (Lipinski definition) is 2. The third-order valence-electron chi connectivity index (χ3n) is 4.72. The maximum atomic E-state index is 12.7. The van der Waals surface area contributed by atoms with Crippen molar-refractivity contribution in [1.82, 2.24) is 4.98 Å². The van der Waals surface area contributed by atoms with Crippen LogP contribution in [0.5, 0.6) is 5.75 Å². The van der Waals surface area contributed by atoms with Gasteiger partial charge in [0.05, 0.1) is 27.7 Å². The second kappa shape index (κ2) is 8.75. The van der Waals surface area contributed by atoms with Crippen LogP contribution in [0, 0.1) is 0 Å². The number of aliphatic imine (C=N–C) groups is 1. The van der Waals surface area contributed by atoms with Crippen LogP contribution in [0.15, 0.2) is 80.9 Å². The van der Waals surface area contributed by atoms with Crippen LogP contribution in [0.3, 0.4) is 0 Å². The lowest BCUT2D eigenvalue weighted by atomic mass is 10.1. The van der Waals surface area contributed by atoms with Crippen LogP contribution in [0.1, 0.15) is 27.6 Å². The maximum Gasteiger partial charge on any atom is 0.347 e. The molecule has 0 fully saturated rings.